The largest absolute Gasteiger partial charge is 0.348 e. The van der Waals surface area contributed by atoms with Crippen LogP contribution in [0.2, 0.25) is 0 Å². The Morgan fingerprint density at radius 1 is 1.69 bits per heavy atom. The van der Waals surface area contributed by atoms with Gasteiger partial charge in [0.1, 0.15) is 0 Å². The highest BCUT2D eigenvalue weighted by molar-refractivity contribution is 6.36. The van der Waals surface area contributed by atoms with Gasteiger partial charge in [0.05, 0.1) is 6.54 Å². The van der Waals surface area contributed by atoms with E-state index in [2.05, 4.69) is 0 Å². The van der Waals surface area contributed by atoms with E-state index in [0.29, 0.717) is 17.1 Å². The normalized spacial score (nSPS) is 11.8. The van der Waals surface area contributed by atoms with E-state index in [0.717, 1.165) is 0 Å². The van der Waals surface area contributed by atoms with Gasteiger partial charge in [-0.3, -0.25) is 4.79 Å². The van der Waals surface area contributed by atoms with Gasteiger partial charge in [-0.25, -0.2) is 0 Å². The van der Waals surface area contributed by atoms with E-state index >= 15 is 0 Å². The molecular weight excluding hydrogens is 209 g/mol. The molecule has 0 saturated heterocycles. The molecule has 13 heavy (non-hydrogen) atoms. The predicted octanol–water partition coefficient (Wildman–Crippen LogP) is 3.01. The molecule has 1 rings (SSSR count). The fourth-order valence-corrected chi connectivity index (χ4v) is 1.16. The number of Topliss-reactive ketones (excluding diaryl/α,β-unsaturated/α-hetero) is 1. The van der Waals surface area contributed by atoms with E-state index in [1.807, 2.05) is 0 Å². The number of carbonyl (C=O) groups excluding carboxylic acids is 1. The van der Waals surface area contributed by atoms with Gasteiger partial charge in [0.2, 0.25) is 0 Å². The Morgan fingerprint density at radius 3 is 2.85 bits per heavy atom. The highest BCUT2D eigenvalue weighted by Crippen LogP contribution is 2.09. The fraction of sp³-hybridized carbons (Fsp3) is 0.222. The van der Waals surface area contributed by atoms with Crippen LogP contribution in [0.1, 0.15) is 17.3 Å². The number of rotatable bonds is 3. The first kappa shape index (κ1) is 10.4. The van der Waals surface area contributed by atoms with Gasteiger partial charge in [0, 0.05) is 28.5 Å². The molecule has 0 radical (unpaired) electrons. The average Bonchev–Trinajstić information content (AvgIpc) is 2.52. The van der Waals surface area contributed by atoms with Crippen LogP contribution >= 0.6 is 23.2 Å². The van der Waals surface area contributed by atoms with Gasteiger partial charge in [-0.1, -0.05) is 23.2 Å². The Balaban J connectivity index is 2.75. The van der Waals surface area contributed by atoms with Gasteiger partial charge in [0.15, 0.2) is 5.78 Å². The van der Waals surface area contributed by atoms with Crippen molar-refractivity contribution in [2.24, 2.45) is 0 Å². The monoisotopic (exact) mass is 217 g/mol. The molecule has 2 nitrogen and oxygen atoms in total. The minimum Gasteiger partial charge on any atom is -0.348 e. The summed E-state index contributed by atoms with van der Waals surface area (Å²) in [6.07, 6.45) is 3.53. The minimum absolute atomic E-state index is 0.0460. The molecule has 0 fully saturated rings. The number of hydrogen-bond donors (Lipinski definition) is 0. The third kappa shape index (κ3) is 2.90. The van der Waals surface area contributed by atoms with Crippen LogP contribution in [0.25, 0.3) is 0 Å². The topological polar surface area (TPSA) is 22.0 Å². The van der Waals surface area contributed by atoms with E-state index < -0.39 is 0 Å². The molecule has 0 aromatic carbocycles. The zero-order chi connectivity index (χ0) is 9.84. The van der Waals surface area contributed by atoms with E-state index in [1.165, 1.54) is 12.5 Å². The Kier molecular flexibility index (Phi) is 3.58. The van der Waals surface area contributed by atoms with Crippen molar-refractivity contribution in [3.05, 3.63) is 34.6 Å². The van der Waals surface area contributed by atoms with Crippen LogP contribution in [0.15, 0.2) is 29.0 Å². The van der Waals surface area contributed by atoms with Gasteiger partial charge >= 0.3 is 0 Å². The maximum atomic E-state index is 10.9. The number of aromatic nitrogens is 1. The van der Waals surface area contributed by atoms with Crippen LogP contribution in [-0.4, -0.2) is 10.4 Å². The lowest BCUT2D eigenvalue weighted by atomic mass is 10.2. The Labute approximate surface area is 86.8 Å². The Bertz CT molecular complexity index is 341. The smallest absolute Gasteiger partial charge is 0.161 e. The number of carbonyl (C=O) groups is 1. The lowest BCUT2D eigenvalue weighted by molar-refractivity contribution is 0.101. The summed E-state index contributed by atoms with van der Waals surface area (Å²) < 4.78 is 1.80. The summed E-state index contributed by atoms with van der Waals surface area (Å²) in [7, 11) is 0. The number of halogens is 2. The third-order valence-corrected chi connectivity index (χ3v) is 2.21. The van der Waals surface area contributed by atoms with Crippen LogP contribution in [0.4, 0.5) is 0 Å². The highest BCUT2D eigenvalue weighted by Gasteiger charge is 2.01. The zero-order valence-electron chi connectivity index (χ0n) is 7.13. The quantitative estimate of drug-likeness (QED) is 0.714. The summed E-state index contributed by atoms with van der Waals surface area (Å²) in [6.45, 7) is 2.02. The Hall–Kier alpha value is -0.730. The molecule has 0 aliphatic rings. The molecule has 1 aromatic rings. The van der Waals surface area contributed by atoms with Crippen molar-refractivity contribution in [2.75, 3.05) is 0 Å². The maximum absolute atomic E-state index is 10.9. The highest BCUT2D eigenvalue weighted by atomic mass is 35.5. The molecule has 70 valence electrons. The van der Waals surface area contributed by atoms with Crippen LogP contribution in [0.3, 0.4) is 0 Å². The summed E-state index contributed by atoms with van der Waals surface area (Å²) in [5, 5.41) is 0.535. The maximum Gasteiger partial charge on any atom is 0.161 e. The first-order valence-electron chi connectivity index (χ1n) is 3.75. The molecule has 1 heterocycles. The molecular formula is C9H9Cl2NO. The third-order valence-electron chi connectivity index (χ3n) is 1.61. The molecule has 0 N–H and O–H groups in total. The number of hydrogen-bond acceptors (Lipinski definition) is 1. The molecule has 0 unspecified atom stereocenters. The number of allylic oxidation sites excluding steroid dienone is 1. The molecule has 0 bridgehead atoms. The predicted molar refractivity (Wildman–Crippen MR) is 54.2 cm³/mol. The molecule has 0 atom stereocenters. The number of nitrogens with zero attached hydrogens (tertiary/aromatic N) is 1. The molecule has 0 amide bonds. The molecule has 4 heteroatoms. The summed E-state index contributed by atoms with van der Waals surface area (Å²) in [6, 6.07) is 1.75. The van der Waals surface area contributed by atoms with Crippen molar-refractivity contribution in [3.8, 4) is 0 Å². The van der Waals surface area contributed by atoms with Crippen molar-refractivity contribution in [2.45, 2.75) is 13.5 Å². The van der Waals surface area contributed by atoms with Gasteiger partial charge in [-0.2, -0.15) is 0 Å². The van der Waals surface area contributed by atoms with E-state index in [9.17, 15) is 4.79 Å². The second kappa shape index (κ2) is 4.49. The van der Waals surface area contributed by atoms with Gasteiger partial charge in [-0.15, -0.1) is 0 Å². The average molecular weight is 218 g/mol. The lowest BCUT2D eigenvalue weighted by Crippen LogP contribution is -1.94. The van der Waals surface area contributed by atoms with Gasteiger partial charge in [-0.05, 0) is 13.0 Å². The second-order valence-electron chi connectivity index (χ2n) is 2.68. The van der Waals surface area contributed by atoms with E-state index in [4.69, 9.17) is 23.2 Å². The second-order valence-corrected chi connectivity index (χ2v) is 3.39. The van der Waals surface area contributed by atoms with Crippen LogP contribution in [0.5, 0.6) is 0 Å². The van der Waals surface area contributed by atoms with Crippen LogP contribution in [0, 0.1) is 0 Å². The summed E-state index contributed by atoms with van der Waals surface area (Å²) in [5.74, 6) is 0.0460. The van der Waals surface area contributed by atoms with Crippen molar-refractivity contribution >= 4 is 29.0 Å². The lowest BCUT2D eigenvalue weighted by Gasteiger charge is -1.98. The van der Waals surface area contributed by atoms with Crippen molar-refractivity contribution in [1.29, 1.82) is 0 Å². The molecule has 0 aliphatic heterocycles. The Morgan fingerprint density at radius 2 is 2.38 bits per heavy atom. The van der Waals surface area contributed by atoms with Crippen LogP contribution < -0.4 is 0 Å². The minimum atomic E-state index is 0.0460. The summed E-state index contributed by atoms with van der Waals surface area (Å²) in [5.41, 5.74) is 1.99. The number of ketones is 1. The van der Waals surface area contributed by atoms with Crippen molar-refractivity contribution in [3.63, 3.8) is 0 Å². The first-order valence-corrected chi connectivity index (χ1v) is 4.56. The molecule has 1 aromatic heterocycles. The molecule has 0 spiro atoms. The fourth-order valence-electron chi connectivity index (χ4n) is 0.956. The first-order chi connectivity index (χ1) is 6.13. The zero-order valence-corrected chi connectivity index (χ0v) is 8.64. The summed E-state index contributed by atoms with van der Waals surface area (Å²) in [4.78, 5) is 10.9. The standard InChI is InChI=1S/C9H9Cl2NO/c1-7(13)8-2-3-12(5-8)6-9(11)4-10/h2-5H,6H2,1H3. The van der Waals surface area contributed by atoms with Gasteiger partial charge < -0.3 is 4.57 Å². The van der Waals surface area contributed by atoms with Crippen LogP contribution in [-0.2, 0) is 6.54 Å². The molecule has 0 saturated carbocycles. The van der Waals surface area contributed by atoms with Crippen molar-refractivity contribution < 1.29 is 4.79 Å². The van der Waals surface area contributed by atoms with E-state index in [1.54, 1.807) is 23.0 Å². The van der Waals surface area contributed by atoms with Gasteiger partial charge in [0.25, 0.3) is 0 Å². The molecule has 0 aliphatic carbocycles. The van der Waals surface area contributed by atoms with Crippen molar-refractivity contribution in [1.82, 2.24) is 4.57 Å². The van der Waals surface area contributed by atoms with E-state index in [-0.39, 0.29) is 5.78 Å². The summed E-state index contributed by atoms with van der Waals surface area (Å²) >= 11 is 11.1. The SMILES string of the molecule is CC(=O)c1ccn(CC(Cl)=CCl)c1.